The van der Waals surface area contributed by atoms with Gasteiger partial charge in [0, 0.05) is 36.6 Å². The van der Waals surface area contributed by atoms with Crippen molar-refractivity contribution in [3.8, 4) is 0 Å². The molecule has 4 rings (SSSR count). The zero-order valence-corrected chi connectivity index (χ0v) is 18.2. The summed E-state index contributed by atoms with van der Waals surface area (Å²) < 4.78 is 14.0. The summed E-state index contributed by atoms with van der Waals surface area (Å²) >= 11 is 7.83. The number of carbonyl (C=O) groups excluding carboxylic acids is 1. The molecular formula is C23H23ClN2O3S. The molecule has 0 amide bonds. The van der Waals surface area contributed by atoms with Gasteiger partial charge in [-0.25, -0.2) is 9.78 Å². The number of aryl methyl sites for hydroxylation is 2. The number of carbonyl (C=O) groups is 1. The van der Waals surface area contributed by atoms with E-state index in [4.69, 9.17) is 21.1 Å². The highest BCUT2D eigenvalue weighted by molar-refractivity contribution is 8.00. The second-order valence-electron chi connectivity index (χ2n) is 7.23. The Morgan fingerprint density at radius 1 is 1.27 bits per heavy atom. The number of ether oxygens (including phenoxy) is 2. The van der Waals surface area contributed by atoms with Gasteiger partial charge in [0.05, 0.1) is 5.56 Å². The molecule has 2 heterocycles. The number of benzene rings is 2. The minimum Gasteiger partial charge on any atom is -0.459 e. The lowest BCUT2D eigenvalue weighted by Crippen LogP contribution is -2.28. The normalized spacial score (nSPS) is 20.9. The Bertz CT molecular complexity index is 993. The second kappa shape index (κ2) is 9.25. The zero-order chi connectivity index (χ0) is 21.0. The van der Waals surface area contributed by atoms with Crippen molar-refractivity contribution in [1.29, 1.82) is 0 Å². The number of nitrogens with zero attached hydrogens (tertiary/aromatic N) is 2. The average Bonchev–Trinajstić information content (AvgIpc) is 3.38. The smallest absolute Gasteiger partial charge is 0.338 e. The molecule has 0 radical (unpaired) electrons. The van der Waals surface area contributed by atoms with Crippen LogP contribution in [0, 0.1) is 0 Å². The molecule has 3 aromatic rings. The predicted molar refractivity (Wildman–Crippen MR) is 119 cm³/mol. The van der Waals surface area contributed by atoms with Crippen LogP contribution in [0.5, 0.6) is 0 Å². The topological polar surface area (TPSA) is 53.4 Å². The molecule has 7 heteroatoms. The number of rotatable bonds is 7. The Labute approximate surface area is 185 Å². The van der Waals surface area contributed by atoms with E-state index < -0.39 is 4.93 Å². The van der Waals surface area contributed by atoms with Crippen LogP contribution in [0.3, 0.4) is 0 Å². The van der Waals surface area contributed by atoms with E-state index >= 15 is 0 Å². The van der Waals surface area contributed by atoms with Gasteiger partial charge in [0.15, 0.2) is 0 Å². The summed E-state index contributed by atoms with van der Waals surface area (Å²) in [6.45, 7) is 0.221. The fourth-order valence-electron chi connectivity index (χ4n) is 3.52. The first kappa shape index (κ1) is 21.0. The third-order valence-corrected chi connectivity index (χ3v) is 6.94. The van der Waals surface area contributed by atoms with Gasteiger partial charge in [0.2, 0.25) is 0 Å². The van der Waals surface area contributed by atoms with E-state index in [0.29, 0.717) is 10.6 Å². The first-order valence-electron chi connectivity index (χ1n) is 9.82. The van der Waals surface area contributed by atoms with E-state index in [-0.39, 0.29) is 18.7 Å². The minimum absolute atomic E-state index is 0.181. The SMILES string of the molecule is Cn1ccnc1CCC1(c2ccc(Cl)cc2)OC(COC(=O)c2ccccc2)CS1. The molecule has 0 bridgehead atoms. The summed E-state index contributed by atoms with van der Waals surface area (Å²) in [4.78, 5) is 16.2. The lowest BCUT2D eigenvalue weighted by atomic mass is 10.0. The summed E-state index contributed by atoms with van der Waals surface area (Å²) in [5, 5.41) is 0.689. The summed E-state index contributed by atoms with van der Waals surface area (Å²) in [7, 11) is 1.99. The Hall–Kier alpha value is -2.28. The molecule has 0 N–H and O–H groups in total. The van der Waals surface area contributed by atoms with Gasteiger partial charge in [0.1, 0.15) is 23.5 Å². The molecule has 1 fully saturated rings. The lowest BCUT2D eigenvalue weighted by Gasteiger charge is -2.29. The van der Waals surface area contributed by atoms with Gasteiger partial charge in [-0.15, -0.1) is 11.8 Å². The molecule has 1 aliphatic heterocycles. The van der Waals surface area contributed by atoms with Gasteiger partial charge in [-0.1, -0.05) is 41.9 Å². The molecule has 2 aromatic carbocycles. The van der Waals surface area contributed by atoms with E-state index in [0.717, 1.165) is 30.0 Å². The third kappa shape index (κ3) is 4.72. The largest absolute Gasteiger partial charge is 0.459 e. The standard InChI is InChI=1S/C23H23ClN2O3S/c1-26-14-13-25-21(26)11-12-23(18-7-9-19(24)10-8-18)29-20(16-30-23)15-28-22(27)17-5-3-2-4-6-17/h2-10,13-14,20H,11-12,15-16H2,1H3. The first-order chi connectivity index (χ1) is 14.6. The second-order valence-corrected chi connectivity index (χ2v) is 8.95. The molecule has 1 saturated heterocycles. The van der Waals surface area contributed by atoms with Gasteiger partial charge in [0.25, 0.3) is 0 Å². The highest BCUT2D eigenvalue weighted by Crippen LogP contribution is 2.48. The number of aromatic nitrogens is 2. The fraction of sp³-hybridized carbons (Fsp3) is 0.304. The average molecular weight is 443 g/mol. The summed E-state index contributed by atoms with van der Waals surface area (Å²) in [6, 6.07) is 16.8. The van der Waals surface area contributed by atoms with Crippen LogP contribution in [0.15, 0.2) is 67.0 Å². The number of halogens is 1. The fourth-order valence-corrected chi connectivity index (χ4v) is 5.02. The third-order valence-electron chi connectivity index (χ3n) is 5.15. The Morgan fingerprint density at radius 2 is 2.03 bits per heavy atom. The van der Waals surface area contributed by atoms with Crippen LogP contribution in [-0.2, 0) is 27.9 Å². The van der Waals surface area contributed by atoms with Crippen molar-refractivity contribution in [1.82, 2.24) is 9.55 Å². The van der Waals surface area contributed by atoms with Crippen molar-refractivity contribution in [2.45, 2.75) is 23.9 Å². The number of hydrogen-bond acceptors (Lipinski definition) is 5. The van der Waals surface area contributed by atoms with E-state index in [9.17, 15) is 4.79 Å². The van der Waals surface area contributed by atoms with Gasteiger partial charge in [-0.2, -0.15) is 0 Å². The molecule has 5 nitrogen and oxygen atoms in total. The van der Waals surface area contributed by atoms with E-state index in [1.165, 1.54) is 0 Å². The van der Waals surface area contributed by atoms with Gasteiger partial charge < -0.3 is 14.0 Å². The van der Waals surface area contributed by atoms with Gasteiger partial charge in [-0.05, 0) is 36.2 Å². The van der Waals surface area contributed by atoms with Crippen LogP contribution >= 0.6 is 23.4 Å². The predicted octanol–water partition coefficient (Wildman–Crippen LogP) is 4.85. The number of hydrogen-bond donors (Lipinski definition) is 0. The highest BCUT2D eigenvalue weighted by Gasteiger charge is 2.43. The molecular weight excluding hydrogens is 420 g/mol. The van der Waals surface area contributed by atoms with Crippen LogP contribution in [0.1, 0.15) is 28.2 Å². The van der Waals surface area contributed by atoms with Gasteiger partial charge in [-0.3, -0.25) is 0 Å². The molecule has 2 atom stereocenters. The molecule has 156 valence electrons. The monoisotopic (exact) mass is 442 g/mol. The number of imidazole rings is 1. The number of esters is 1. The molecule has 0 saturated carbocycles. The van der Waals surface area contributed by atoms with Gasteiger partial charge >= 0.3 is 5.97 Å². The van der Waals surface area contributed by atoms with E-state index in [2.05, 4.69) is 4.98 Å². The summed E-state index contributed by atoms with van der Waals surface area (Å²) in [5.41, 5.74) is 1.60. The van der Waals surface area contributed by atoms with Crippen LogP contribution < -0.4 is 0 Å². The van der Waals surface area contributed by atoms with Crippen LogP contribution in [0.4, 0.5) is 0 Å². The van der Waals surface area contributed by atoms with E-state index in [1.54, 1.807) is 30.1 Å². The molecule has 2 unspecified atom stereocenters. The quantitative estimate of drug-likeness (QED) is 0.489. The maximum Gasteiger partial charge on any atom is 0.338 e. The maximum atomic E-state index is 12.3. The van der Waals surface area contributed by atoms with Crippen molar-refractivity contribution in [3.05, 3.63) is 89.0 Å². The Kier molecular flexibility index (Phi) is 6.46. The number of thioether (sulfide) groups is 1. The van der Waals surface area contributed by atoms with Crippen LogP contribution in [-0.4, -0.2) is 34.0 Å². The van der Waals surface area contributed by atoms with Crippen LogP contribution in [0.2, 0.25) is 5.02 Å². The van der Waals surface area contributed by atoms with Crippen LogP contribution in [0.25, 0.3) is 0 Å². The molecule has 1 aliphatic rings. The molecule has 1 aromatic heterocycles. The Balaban J connectivity index is 1.46. The van der Waals surface area contributed by atoms with Crippen molar-refractivity contribution in [2.75, 3.05) is 12.4 Å². The van der Waals surface area contributed by atoms with Crippen molar-refractivity contribution < 1.29 is 14.3 Å². The molecule has 30 heavy (non-hydrogen) atoms. The lowest BCUT2D eigenvalue weighted by molar-refractivity contribution is -0.0463. The molecule has 0 spiro atoms. The van der Waals surface area contributed by atoms with Crippen molar-refractivity contribution in [3.63, 3.8) is 0 Å². The van der Waals surface area contributed by atoms with Crippen molar-refractivity contribution in [2.24, 2.45) is 7.05 Å². The van der Waals surface area contributed by atoms with Crippen molar-refractivity contribution >= 4 is 29.3 Å². The summed E-state index contributed by atoms with van der Waals surface area (Å²) in [5.74, 6) is 1.42. The first-order valence-corrected chi connectivity index (χ1v) is 11.2. The maximum absolute atomic E-state index is 12.3. The highest BCUT2D eigenvalue weighted by atomic mass is 35.5. The zero-order valence-electron chi connectivity index (χ0n) is 16.7. The molecule has 0 aliphatic carbocycles. The summed E-state index contributed by atoms with van der Waals surface area (Å²) in [6.07, 6.45) is 5.10. The Morgan fingerprint density at radius 3 is 2.73 bits per heavy atom. The van der Waals surface area contributed by atoms with E-state index in [1.807, 2.05) is 60.3 Å². The minimum atomic E-state index is -0.527.